The molecule has 0 aliphatic carbocycles. The average Bonchev–Trinajstić information content (AvgIpc) is 2.99. The Morgan fingerprint density at radius 1 is 1.14 bits per heavy atom. The molecule has 0 saturated heterocycles. The Morgan fingerprint density at radius 3 is 2.36 bits per heavy atom. The lowest BCUT2D eigenvalue weighted by molar-refractivity contribution is -0.114. The van der Waals surface area contributed by atoms with Crippen molar-refractivity contribution in [2.24, 2.45) is 5.10 Å². The molecule has 2 rings (SSSR count). The lowest BCUT2D eigenvalue weighted by Crippen LogP contribution is -2.19. The van der Waals surface area contributed by atoms with Crippen molar-refractivity contribution in [2.75, 3.05) is 5.32 Å². The van der Waals surface area contributed by atoms with E-state index in [0.717, 1.165) is 4.88 Å². The van der Waals surface area contributed by atoms with Crippen LogP contribution in [0.4, 0.5) is 5.69 Å². The van der Waals surface area contributed by atoms with Crippen LogP contribution < -0.4 is 10.1 Å². The smallest absolute Gasteiger partial charge is 0.276 e. The van der Waals surface area contributed by atoms with Crippen molar-refractivity contribution in [3.05, 3.63) is 46.7 Å². The number of carbonyl (C=O) groups excluding carboxylic acids is 1. The van der Waals surface area contributed by atoms with Crippen molar-refractivity contribution in [3.8, 4) is 0 Å². The lowest BCUT2D eigenvalue weighted by atomic mass is 10.3. The summed E-state index contributed by atoms with van der Waals surface area (Å²) in [5.41, 5.74) is 1.12. The number of nitrogens with zero attached hydrogens (tertiary/aromatic N) is 1. The van der Waals surface area contributed by atoms with Crippen LogP contribution in [0.15, 0.2) is 51.8 Å². The van der Waals surface area contributed by atoms with Gasteiger partial charge in [0.2, 0.25) is 5.91 Å². The van der Waals surface area contributed by atoms with Gasteiger partial charge in [0.15, 0.2) is 0 Å². The highest BCUT2D eigenvalue weighted by Gasteiger charge is 2.13. The highest BCUT2D eigenvalue weighted by Crippen LogP contribution is 2.14. The van der Waals surface area contributed by atoms with Gasteiger partial charge in [-0.2, -0.15) is 18.4 Å². The van der Waals surface area contributed by atoms with Gasteiger partial charge in [0.05, 0.1) is 15.5 Å². The highest BCUT2D eigenvalue weighted by molar-refractivity contribution is 7.89. The van der Waals surface area contributed by atoms with Crippen molar-refractivity contribution >= 4 is 38.7 Å². The fraction of sp³-hybridized carbons (Fsp3) is 0.143. The molecule has 1 heterocycles. The number of amides is 1. The molecule has 1 amide bonds. The Labute approximate surface area is 132 Å². The summed E-state index contributed by atoms with van der Waals surface area (Å²) in [6.45, 7) is 3.11. The SMILES string of the molecule is CC(=O)Nc1ccc(S(=O)(=O)NN=C(C)c2cccs2)cc1. The molecule has 0 spiro atoms. The van der Waals surface area contributed by atoms with Crippen LogP contribution in [-0.2, 0) is 14.8 Å². The molecule has 0 atom stereocenters. The number of hydrogen-bond acceptors (Lipinski definition) is 5. The summed E-state index contributed by atoms with van der Waals surface area (Å²) in [6.07, 6.45) is 0. The second kappa shape index (κ2) is 6.71. The molecule has 0 saturated carbocycles. The van der Waals surface area contributed by atoms with Crippen molar-refractivity contribution in [3.63, 3.8) is 0 Å². The molecule has 116 valence electrons. The van der Waals surface area contributed by atoms with Gasteiger partial charge >= 0.3 is 0 Å². The maximum atomic E-state index is 12.1. The number of anilines is 1. The second-order valence-corrected chi connectivity index (χ2v) is 7.08. The molecule has 8 heteroatoms. The first-order chi connectivity index (χ1) is 10.4. The normalized spacial score (nSPS) is 12.0. The number of hydrazone groups is 1. The van der Waals surface area contributed by atoms with Gasteiger partial charge in [-0.05, 0) is 42.6 Å². The molecule has 2 N–H and O–H groups in total. The summed E-state index contributed by atoms with van der Waals surface area (Å²) in [5.74, 6) is -0.218. The summed E-state index contributed by atoms with van der Waals surface area (Å²) in [7, 11) is -3.74. The van der Waals surface area contributed by atoms with E-state index in [1.807, 2.05) is 17.5 Å². The van der Waals surface area contributed by atoms with Gasteiger partial charge in [0.1, 0.15) is 0 Å². The highest BCUT2D eigenvalue weighted by atomic mass is 32.2. The fourth-order valence-corrected chi connectivity index (χ4v) is 3.18. The summed E-state index contributed by atoms with van der Waals surface area (Å²) in [4.78, 5) is 14.1. The van der Waals surface area contributed by atoms with Crippen molar-refractivity contribution in [2.45, 2.75) is 18.7 Å². The van der Waals surface area contributed by atoms with Crippen LogP contribution >= 0.6 is 11.3 Å². The minimum absolute atomic E-state index is 0.0735. The van der Waals surface area contributed by atoms with E-state index in [4.69, 9.17) is 0 Å². The molecule has 0 fully saturated rings. The van der Waals surface area contributed by atoms with E-state index in [2.05, 4.69) is 15.2 Å². The molecule has 1 aromatic carbocycles. The van der Waals surface area contributed by atoms with E-state index in [0.29, 0.717) is 11.4 Å². The van der Waals surface area contributed by atoms with Gasteiger partial charge in [-0.1, -0.05) is 6.07 Å². The Morgan fingerprint density at radius 2 is 1.82 bits per heavy atom. The standard InChI is InChI=1S/C14H15N3O3S2/c1-10(14-4-3-9-21-14)16-17-22(19,20)13-7-5-12(6-8-13)15-11(2)18/h3-9,17H,1-2H3,(H,15,18). The fourth-order valence-electron chi connectivity index (χ4n) is 1.64. The first-order valence-electron chi connectivity index (χ1n) is 6.36. The van der Waals surface area contributed by atoms with Crippen LogP contribution in [0.3, 0.4) is 0 Å². The second-order valence-electron chi connectivity index (χ2n) is 4.47. The van der Waals surface area contributed by atoms with Crippen molar-refractivity contribution in [1.29, 1.82) is 0 Å². The molecular formula is C14H15N3O3S2. The molecule has 22 heavy (non-hydrogen) atoms. The molecule has 0 bridgehead atoms. The molecule has 0 aliphatic heterocycles. The first-order valence-corrected chi connectivity index (χ1v) is 8.72. The molecule has 0 aliphatic rings. The van der Waals surface area contributed by atoms with E-state index in [1.165, 1.54) is 42.5 Å². The number of rotatable bonds is 5. The van der Waals surface area contributed by atoms with Gasteiger partial charge in [-0.25, -0.2) is 0 Å². The quantitative estimate of drug-likeness (QED) is 0.649. The van der Waals surface area contributed by atoms with Gasteiger partial charge in [-0.3, -0.25) is 4.79 Å². The third kappa shape index (κ3) is 4.15. The molecule has 1 aromatic heterocycles. The third-order valence-electron chi connectivity index (χ3n) is 2.70. The van der Waals surface area contributed by atoms with E-state index < -0.39 is 10.0 Å². The summed E-state index contributed by atoms with van der Waals surface area (Å²) in [6, 6.07) is 9.58. The number of benzene rings is 1. The van der Waals surface area contributed by atoms with Crippen LogP contribution in [0.25, 0.3) is 0 Å². The van der Waals surface area contributed by atoms with E-state index >= 15 is 0 Å². The predicted octanol–water partition coefficient (Wildman–Crippen LogP) is 2.41. The zero-order chi connectivity index (χ0) is 16.2. The zero-order valence-corrected chi connectivity index (χ0v) is 13.7. The molecule has 6 nitrogen and oxygen atoms in total. The number of thiophene rings is 1. The van der Waals surface area contributed by atoms with Gasteiger partial charge in [0.25, 0.3) is 10.0 Å². The maximum absolute atomic E-state index is 12.1. The van der Waals surface area contributed by atoms with E-state index in [1.54, 1.807) is 6.92 Å². The minimum atomic E-state index is -3.74. The molecule has 2 aromatic rings. The van der Waals surface area contributed by atoms with Crippen molar-refractivity contribution in [1.82, 2.24) is 4.83 Å². The summed E-state index contributed by atoms with van der Waals surface area (Å²) >= 11 is 1.48. The summed E-state index contributed by atoms with van der Waals surface area (Å²) in [5, 5.41) is 8.37. The third-order valence-corrected chi connectivity index (χ3v) is 4.90. The van der Waals surface area contributed by atoms with Crippen LogP contribution in [0.2, 0.25) is 0 Å². The Balaban J connectivity index is 2.13. The average molecular weight is 337 g/mol. The van der Waals surface area contributed by atoms with Crippen LogP contribution in [0.5, 0.6) is 0 Å². The first kappa shape index (κ1) is 16.2. The molecule has 0 radical (unpaired) electrons. The molecule has 0 unspecified atom stereocenters. The lowest BCUT2D eigenvalue weighted by Gasteiger charge is -2.06. The number of carbonyl (C=O) groups is 1. The van der Waals surface area contributed by atoms with Gasteiger partial charge in [0, 0.05) is 12.6 Å². The monoisotopic (exact) mass is 337 g/mol. The van der Waals surface area contributed by atoms with E-state index in [-0.39, 0.29) is 10.8 Å². The van der Waals surface area contributed by atoms with Gasteiger partial charge < -0.3 is 5.32 Å². The zero-order valence-electron chi connectivity index (χ0n) is 12.0. The van der Waals surface area contributed by atoms with Crippen LogP contribution in [-0.4, -0.2) is 20.0 Å². The Bertz CT molecular complexity index is 779. The number of hydrogen-bond donors (Lipinski definition) is 2. The Hall–Kier alpha value is -2.19. The topological polar surface area (TPSA) is 87.6 Å². The van der Waals surface area contributed by atoms with Crippen molar-refractivity contribution < 1.29 is 13.2 Å². The van der Waals surface area contributed by atoms with Crippen LogP contribution in [0, 0.1) is 0 Å². The maximum Gasteiger partial charge on any atom is 0.276 e. The minimum Gasteiger partial charge on any atom is -0.326 e. The van der Waals surface area contributed by atoms with Crippen LogP contribution in [0.1, 0.15) is 18.7 Å². The van der Waals surface area contributed by atoms with E-state index in [9.17, 15) is 13.2 Å². The Kier molecular flexibility index (Phi) is 4.94. The predicted molar refractivity (Wildman–Crippen MR) is 87.6 cm³/mol. The summed E-state index contributed by atoms with van der Waals surface area (Å²) < 4.78 is 24.3. The van der Waals surface area contributed by atoms with Gasteiger partial charge in [-0.15, -0.1) is 11.3 Å². The number of sulfonamides is 1. The number of nitrogens with one attached hydrogen (secondary N) is 2. The molecular weight excluding hydrogens is 322 g/mol. The largest absolute Gasteiger partial charge is 0.326 e.